The highest BCUT2D eigenvalue weighted by molar-refractivity contribution is 6.35. The number of aromatic hydroxyl groups is 1. The van der Waals surface area contributed by atoms with Gasteiger partial charge in [0.1, 0.15) is 5.75 Å². The maximum atomic E-state index is 9.62. The molecular formula is C22H25Cl3O3. The first-order valence-electron chi connectivity index (χ1n) is 9.40. The van der Waals surface area contributed by atoms with Crippen molar-refractivity contribution in [2.45, 2.75) is 57.7 Å². The van der Waals surface area contributed by atoms with Gasteiger partial charge in [0.2, 0.25) is 0 Å². The lowest BCUT2D eigenvalue weighted by molar-refractivity contribution is -0.229. The van der Waals surface area contributed by atoms with E-state index in [9.17, 15) is 5.11 Å². The fraction of sp³-hybridized carbons (Fsp3) is 0.455. The van der Waals surface area contributed by atoms with E-state index in [1.807, 2.05) is 0 Å². The minimum Gasteiger partial charge on any atom is -0.504 e. The summed E-state index contributed by atoms with van der Waals surface area (Å²) in [7, 11) is 0. The summed E-state index contributed by atoms with van der Waals surface area (Å²) in [6, 6.07) is 9.39. The summed E-state index contributed by atoms with van der Waals surface area (Å²) in [6.45, 7) is 6.76. The normalized spacial score (nSPS) is 25.0. The van der Waals surface area contributed by atoms with Gasteiger partial charge in [-0.25, -0.2) is 0 Å². The largest absolute Gasteiger partial charge is 0.504 e. The molecule has 28 heavy (non-hydrogen) atoms. The van der Waals surface area contributed by atoms with E-state index in [-0.39, 0.29) is 22.7 Å². The fourth-order valence-electron chi connectivity index (χ4n) is 4.00. The third-order valence-electron chi connectivity index (χ3n) is 5.57. The average molecular weight is 444 g/mol. The molecule has 2 aromatic carbocycles. The van der Waals surface area contributed by atoms with Crippen LogP contribution in [0.3, 0.4) is 0 Å². The summed E-state index contributed by atoms with van der Waals surface area (Å²) >= 11 is 17.4. The highest BCUT2D eigenvalue weighted by Gasteiger charge is 2.48. The van der Waals surface area contributed by atoms with Gasteiger partial charge in [-0.05, 0) is 82.7 Å². The Kier molecular flexibility index (Phi) is 6.41. The molecule has 0 amide bonds. The Hall–Kier alpha value is -1.13. The van der Waals surface area contributed by atoms with Crippen LogP contribution in [0.15, 0.2) is 36.4 Å². The second-order valence-electron chi connectivity index (χ2n) is 8.22. The van der Waals surface area contributed by atoms with Crippen molar-refractivity contribution in [2.24, 2.45) is 5.92 Å². The van der Waals surface area contributed by atoms with Crippen molar-refractivity contribution >= 4 is 34.8 Å². The molecule has 5 rings (SSSR count). The summed E-state index contributed by atoms with van der Waals surface area (Å²) in [5, 5.41) is 10.9. The quantitative estimate of drug-likeness (QED) is 0.513. The number of halogens is 3. The standard InChI is InChI=1S/C12H7Cl3O2.C10H18O/c13-7-1-3-11(9(15)5-7)17-12-4-2-8(14)6-10(12)16;1-9(2)8-4-6-10(3,11-9)7-5-8/h1-6,16H;8H,4-7H2,1-3H3. The first-order valence-corrected chi connectivity index (χ1v) is 10.5. The molecule has 6 heteroatoms. The van der Waals surface area contributed by atoms with Crippen molar-refractivity contribution in [1.82, 2.24) is 0 Å². The van der Waals surface area contributed by atoms with Gasteiger partial charge in [0.05, 0.1) is 16.2 Å². The lowest BCUT2D eigenvalue weighted by atomic mass is 9.69. The van der Waals surface area contributed by atoms with Crippen LogP contribution in [0.1, 0.15) is 46.5 Å². The predicted molar refractivity (Wildman–Crippen MR) is 115 cm³/mol. The van der Waals surface area contributed by atoms with Gasteiger partial charge in [-0.2, -0.15) is 0 Å². The monoisotopic (exact) mass is 442 g/mol. The molecule has 2 aliphatic heterocycles. The number of hydrogen-bond donors (Lipinski definition) is 1. The molecule has 2 aromatic rings. The summed E-state index contributed by atoms with van der Waals surface area (Å²) < 4.78 is 11.5. The Morgan fingerprint density at radius 3 is 1.96 bits per heavy atom. The van der Waals surface area contributed by atoms with Crippen LogP contribution in [0.25, 0.3) is 0 Å². The molecule has 3 fully saturated rings. The smallest absolute Gasteiger partial charge is 0.169 e. The molecule has 0 atom stereocenters. The van der Waals surface area contributed by atoms with Crippen LogP contribution in [-0.4, -0.2) is 16.3 Å². The number of ether oxygens (including phenoxy) is 2. The Balaban J connectivity index is 0.000000176. The van der Waals surface area contributed by atoms with E-state index in [1.165, 1.54) is 31.7 Å². The number of hydrogen-bond acceptors (Lipinski definition) is 3. The van der Waals surface area contributed by atoms with E-state index in [1.54, 1.807) is 30.3 Å². The Morgan fingerprint density at radius 2 is 1.50 bits per heavy atom. The predicted octanol–water partition coefficient (Wildman–Crippen LogP) is 7.89. The van der Waals surface area contributed by atoms with Gasteiger partial charge >= 0.3 is 0 Å². The van der Waals surface area contributed by atoms with E-state index >= 15 is 0 Å². The first kappa shape index (κ1) is 21.6. The lowest BCUT2D eigenvalue weighted by Crippen LogP contribution is -2.53. The SMILES string of the molecule is CC12CCC(CC1)C(C)(C)O2.Oc1cc(Cl)ccc1Oc1ccc(Cl)cc1Cl. The number of phenols is 1. The Labute approximate surface area is 181 Å². The maximum Gasteiger partial charge on any atom is 0.169 e. The topological polar surface area (TPSA) is 38.7 Å². The van der Waals surface area contributed by atoms with Gasteiger partial charge in [0.15, 0.2) is 11.5 Å². The van der Waals surface area contributed by atoms with E-state index in [0.717, 1.165) is 5.92 Å². The number of benzene rings is 2. The van der Waals surface area contributed by atoms with Gasteiger partial charge in [-0.1, -0.05) is 34.8 Å². The summed E-state index contributed by atoms with van der Waals surface area (Å²) in [5.41, 5.74) is 0.378. The van der Waals surface area contributed by atoms with Gasteiger partial charge in [-0.3, -0.25) is 0 Å². The zero-order valence-electron chi connectivity index (χ0n) is 16.3. The van der Waals surface area contributed by atoms with Gasteiger partial charge in [0.25, 0.3) is 0 Å². The van der Waals surface area contributed by atoms with Gasteiger partial charge < -0.3 is 14.6 Å². The lowest BCUT2D eigenvalue weighted by Gasteiger charge is -2.54. The number of fused-ring (bicyclic) bond motifs is 3. The third-order valence-corrected chi connectivity index (χ3v) is 6.34. The second-order valence-corrected chi connectivity index (χ2v) is 9.50. The van der Waals surface area contributed by atoms with Crippen LogP contribution in [0.2, 0.25) is 15.1 Å². The molecule has 2 saturated heterocycles. The first-order chi connectivity index (χ1) is 13.1. The zero-order chi connectivity index (χ0) is 20.5. The van der Waals surface area contributed by atoms with Crippen LogP contribution in [-0.2, 0) is 4.74 Å². The van der Waals surface area contributed by atoms with Crippen LogP contribution in [0.5, 0.6) is 17.2 Å². The molecule has 0 aromatic heterocycles. The number of rotatable bonds is 2. The molecule has 1 N–H and O–H groups in total. The van der Waals surface area contributed by atoms with Crippen molar-refractivity contribution in [2.75, 3.05) is 0 Å². The molecule has 2 bridgehead atoms. The van der Waals surface area contributed by atoms with Crippen molar-refractivity contribution in [3.05, 3.63) is 51.5 Å². The third kappa shape index (κ3) is 5.07. The van der Waals surface area contributed by atoms with E-state index in [0.29, 0.717) is 20.8 Å². The fourth-order valence-corrected chi connectivity index (χ4v) is 4.61. The van der Waals surface area contributed by atoms with Gasteiger partial charge in [-0.15, -0.1) is 0 Å². The van der Waals surface area contributed by atoms with E-state index in [2.05, 4.69) is 20.8 Å². The van der Waals surface area contributed by atoms with Crippen LogP contribution < -0.4 is 4.74 Å². The molecule has 2 heterocycles. The Bertz CT molecular complexity index is 791. The average Bonchev–Trinajstić information content (AvgIpc) is 2.59. The highest BCUT2D eigenvalue weighted by Crippen LogP contribution is 2.49. The van der Waals surface area contributed by atoms with E-state index in [4.69, 9.17) is 44.3 Å². The minimum absolute atomic E-state index is 0.0523. The summed E-state index contributed by atoms with van der Waals surface area (Å²) in [5.74, 6) is 1.46. The molecular weight excluding hydrogens is 419 g/mol. The highest BCUT2D eigenvalue weighted by atomic mass is 35.5. The van der Waals surface area contributed by atoms with E-state index < -0.39 is 0 Å². The molecule has 0 unspecified atom stereocenters. The van der Waals surface area contributed by atoms with Crippen LogP contribution in [0, 0.1) is 5.92 Å². The van der Waals surface area contributed by atoms with Gasteiger partial charge in [0, 0.05) is 16.1 Å². The van der Waals surface area contributed by atoms with Crippen LogP contribution in [0.4, 0.5) is 0 Å². The summed E-state index contributed by atoms with van der Waals surface area (Å²) in [4.78, 5) is 0. The van der Waals surface area contributed by atoms with Crippen molar-refractivity contribution in [1.29, 1.82) is 0 Å². The molecule has 152 valence electrons. The van der Waals surface area contributed by atoms with Crippen molar-refractivity contribution < 1.29 is 14.6 Å². The Morgan fingerprint density at radius 1 is 0.929 bits per heavy atom. The summed E-state index contributed by atoms with van der Waals surface area (Å²) in [6.07, 6.45) is 5.31. The molecule has 3 nitrogen and oxygen atoms in total. The molecule has 1 saturated carbocycles. The zero-order valence-corrected chi connectivity index (χ0v) is 18.5. The van der Waals surface area contributed by atoms with Crippen molar-refractivity contribution in [3.8, 4) is 17.2 Å². The number of phenolic OH excluding ortho intramolecular Hbond substituents is 1. The second kappa shape index (κ2) is 8.31. The van der Waals surface area contributed by atoms with Crippen LogP contribution >= 0.6 is 34.8 Å². The molecule has 1 aliphatic carbocycles. The molecule has 0 spiro atoms. The molecule has 0 radical (unpaired) electrons. The maximum absolute atomic E-state index is 9.62. The molecule has 3 aliphatic rings. The minimum atomic E-state index is -0.0523. The van der Waals surface area contributed by atoms with Crippen molar-refractivity contribution in [3.63, 3.8) is 0 Å².